The minimum absolute atomic E-state index is 0.110. The summed E-state index contributed by atoms with van der Waals surface area (Å²) in [6.07, 6.45) is 1.90. The third kappa shape index (κ3) is 3.99. The van der Waals surface area contributed by atoms with Crippen LogP contribution in [-0.4, -0.2) is 27.6 Å². The average Bonchev–Trinajstić information content (AvgIpc) is 2.91. The van der Waals surface area contributed by atoms with E-state index in [1.165, 1.54) is 30.1 Å². The molecule has 1 heterocycles. The number of amidine groups is 1. The molecule has 0 bridgehead atoms. The van der Waals surface area contributed by atoms with Gasteiger partial charge in [-0.2, -0.15) is 5.10 Å². The third-order valence-corrected chi connectivity index (χ3v) is 4.47. The molecule has 3 rings (SSSR count). The van der Waals surface area contributed by atoms with Crippen molar-refractivity contribution in [3.8, 4) is 5.75 Å². The lowest BCUT2D eigenvalue weighted by Crippen LogP contribution is -2.25. The van der Waals surface area contributed by atoms with E-state index in [0.717, 1.165) is 5.56 Å². The van der Waals surface area contributed by atoms with E-state index in [9.17, 15) is 14.3 Å². The Hall–Kier alpha value is -2.67. The van der Waals surface area contributed by atoms with Crippen LogP contribution in [0.4, 0.5) is 4.39 Å². The standard InChI is InChI=1S/C17H14FN3O2S/c18-13-7-5-11(6-8-13)9-15-16(23)20-17(24-15)21-19-10-12-3-1-2-4-14(12)22/h1-8,10,15,22H,9H2,(H,20,21,23). The number of thioether (sulfide) groups is 1. The molecule has 2 aromatic rings. The molecule has 1 saturated heterocycles. The number of aromatic hydroxyl groups is 1. The van der Waals surface area contributed by atoms with Gasteiger partial charge in [-0.25, -0.2) is 4.39 Å². The molecule has 7 heteroatoms. The monoisotopic (exact) mass is 343 g/mol. The lowest BCUT2D eigenvalue weighted by molar-refractivity contribution is -0.118. The van der Waals surface area contributed by atoms with Crippen molar-refractivity contribution in [2.45, 2.75) is 11.7 Å². The molecule has 2 aromatic carbocycles. The molecule has 1 atom stereocenters. The highest BCUT2D eigenvalue weighted by Gasteiger charge is 2.30. The van der Waals surface area contributed by atoms with E-state index in [2.05, 4.69) is 15.5 Å². The van der Waals surface area contributed by atoms with E-state index in [1.54, 1.807) is 36.4 Å². The van der Waals surface area contributed by atoms with Gasteiger partial charge in [0, 0.05) is 5.56 Å². The predicted octanol–water partition coefficient (Wildman–Crippen LogP) is 2.70. The summed E-state index contributed by atoms with van der Waals surface area (Å²) in [4.78, 5) is 12.0. The molecule has 1 unspecified atom stereocenters. The molecule has 1 aliphatic rings. The van der Waals surface area contributed by atoms with Crippen LogP contribution in [0.1, 0.15) is 11.1 Å². The van der Waals surface area contributed by atoms with Crippen LogP contribution < -0.4 is 5.32 Å². The minimum atomic E-state index is -0.325. The normalized spacial score (nSPS) is 19.1. The number of para-hydroxylation sites is 1. The van der Waals surface area contributed by atoms with E-state index in [4.69, 9.17) is 0 Å². The summed E-state index contributed by atoms with van der Waals surface area (Å²) in [5, 5.41) is 20.2. The molecule has 1 fully saturated rings. The zero-order chi connectivity index (χ0) is 16.9. The van der Waals surface area contributed by atoms with Crippen molar-refractivity contribution in [2.24, 2.45) is 10.2 Å². The maximum Gasteiger partial charge on any atom is 0.239 e. The molecule has 0 aromatic heterocycles. The summed E-state index contributed by atoms with van der Waals surface area (Å²) in [5.74, 6) is -0.345. The first-order valence-electron chi connectivity index (χ1n) is 7.23. The smallest absolute Gasteiger partial charge is 0.239 e. The second-order valence-corrected chi connectivity index (χ2v) is 6.33. The van der Waals surface area contributed by atoms with E-state index in [0.29, 0.717) is 17.2 Å². The number of phenols is 1. The molecule has 0 radical (unpaired) electrons. The van der Waals surface area contributed by atoms with Crippen LogP contribution in [0, 0.1) is 5.82 Å². The number of amides is 1. The molecule has 1 amide bonds. The van der Waals surface area contributed by atoms with Crippen molar-refractivity contribution in [3.63, 3.8) is 0 Å². The number of nitrogens with one attached hydrogen (secondary N) is 1. The van der Waals surface area contributed by atoms with Crippen LogP contribution in [-0.2, 0) is 11.2 Å². The summed E-state index contributed by atoms with van der Waals surface area (Å²) in [6, 6.07) is 12.8. The molecule has 0 spiro atoms. The summed E-state index contributed by atoms with van der Waals surface area (Å²) >= 11 is 1.28. The predicted molar refractivity (Wildman–Crippen MR) is 92.8 cm³/mol. The second kappa shape index (κ2) is 7.27. The average molecular weight is 343 g/mol. The van der Waals surface area contributed by atoms with E-state index in [1.807, 2.05) is 0 Å². The van der Waals surface area contributed by atoms with Crippen molar-refractivity contribution in [1.82, 2.24) is 5.32 Å². The first-order valence-corrected chi connectivity index (χ1v) is 8.11. The highest BCUT2D eigenvalue weighted by atomic mass is 32.2. The lowest BCUT2D eigenvalue weighted by atomic mass is 10.1. The summed E-state index contributed by atoms with van der Waals surface area (Å²) in [5.41, 5.74) is 1.42. The molecule has 0 saturated carbocycles. The Kier molecular flexibility index (Phi) is 4.90. The fraction of sp³-hybridized carbons (Fsp3) is 0.118. The van der Waals surface area contributed by atoms with Crippen LogP contribution in [0.15, 0.2) is 58.7 Å². The second-order valence-electron chi connectivity index (χ2n) is 5.13. The SMILES string of the molecule is O=C1N/C(=N/N=Cc2ccccc2O)SC1Cc1ccc(F)cc1. The minimum Gasteiger partial charge on any atom is -0.507 e. The Morgan fingerprint density at radius 3 is 2.71 bits per heavy atom. The van der Waals surface area contributed by atoms with Gasteiger partial charge in [-0.3, -0.25) is 4.79 Å². The fourth-order valence-corrected chi connectivity index (χ4v) is 3.13. The van der Waals surface area contributed by atoms with E-state index < -0.39 is 0 Å². The van der Waals surface area contributed by atoms with Gasteiger partial charge in [0.15, 0.2) is 5.17 Å². The highest BCUT2D eigenvalue weighted by molar-refractivity contribution is 8.15. The number of carbonyl (C=O) groups excluding carboxylic acids is 1. The largest absolute Gasteiger partial charge is 0.507 e. The summed E-state index contributed by atoms with van der Waals surface area (Å²) < 4.78 is 12.9. The molecule has 1 aliphatic heterocycles. The molecule has 0 aliphatic carbocycles. The van der Waals surface area contributed by atoms with Gasteiger partial charge in [0.05, 0.1) is 11.5 Å². The Morgan fingerprint density at radius 2 is 1.96 bits per heavy atom. The molecule has 5 nitrogen and oxygen atoms in total. The lowest BCUT2D eigenvalue weighted by Gasteiger charge is -2.04. The molecular formula is C17H14FN3O2S. The van der Waals surface area contributed by atoms with Crippen LogP contribution in [0.25, 0.3) is 0 Å². The van der Waals surface area contributed by atoms with E-state index >= 15 is 0 Å². The number of rotatable bonds is 4. The van der Waals surface area contributed by atoms with E-state index in [-0.39, 0.29) is 22.7 Å². The van der Waals surface area contributed by atoms with Gasteiger partial charge in [0.1, 0.15) is 11.6 Å². The van der Waals surface area contributed by atoms with Crippen molar-refractivity contribution in [2.75, 3.05) is 0 Å². The van der Waals surface area contributed by atoms with Gasteiger partial charge in [-0.05, 0) is 36.2 Å². The number of halogens is 1. The molecule has 2 N–H and O–H groups in total. The summed E-state index contributed by atoms with van der Waals surface area (Å²) in [6.45, 7) is 0. The first-order chi connectivity index (χ1) is 11.6. The van der Waals surface area contributed by atoms with Crippen LogP contribution >= 0.6 is 11.8 Å². The van der Waals surface area contributed by atoms with Gasteiger partial charge in [0.25, 0.3) is 0 Å². The fourth-order valence-electron chi connectivity index (χ4n) is 2.16. The zero-order valence-corrected chi connectivity index (χ0v) is 13.3. The maximum absolute atomic E-state index is 12.9. The van der Waals surface area contributed by atoms with Crippen molar-refractivity contribution >= 4 is 29.1 Å². The van der Waals surface area contributed by atoms with Crippen molar-refractivity contribution < 1.29 is 14.3 Å². The topological polar surface area (TPSA) is 74.0 Å². The third-order valence-electron chi connectivity index (χ3n) is 3.39. The van der Waals surface area contributed by atoms with Gasteiger partial charge >= 0.3 is 0 Å². The van der Waals surface area contributed by atoms with Gasteiger partial charge in [-0.1, -0.05) is 36.0 Å². The zero-order valence-electron chi connectivity index (χ0n) is 12.5. The Bertz CT molecular complexity index is 806. The van der Waals surface area contributed by atoms with Gasteiger partial charge < -0.3 is 10.4 Å². The van der Waals surface area contributed by atoms with Crippen LogP contribution in [0.2, 0.25) is 0 Å². The number of nitrogens with zero attached hydrogens (tertiary/aromatic N) is 2. The molecule has 122 valence electrons. The van der Waals surface area contributed by atoms with Gasteiger partial charge in [0.2, 0.25) is 5.91 Å². The van der Waals surface area contributed by atoms with Crippen LogP contribution in [0.3, 0.4) is 0 Å². The number of phenolic OH excluding ortho intramolecular Hbond substituents is 1. The molecule has 24 heavy (non-hydrogen) atoms. The number of hydrogen-bond donors (Lipinski definition) is 2. The van der Waals surface area contributed by atoms with Crippen molar-refractivity contribution in [1.29, 1.82) is 0 Å². The van der Waals surface area contributed by atoms with Crippen molar-refractivity contribution in [3.05, 3.63) is 65.5 Å². The van der Waals surface area contributed by atoms with Crippen LogP contribution in [0.5, 0.6) is 5.75 Å². The Labute approximate surface area is 142 Å². The molecular weight excluding hydrogens is 329 g/mol. The number of hydrogen-bond acceptors (Lipinski definition) is 5. The Balaban J connectivity index is 1.63. The first kappa shape index (κ1) is 16.2. The highest BCUT2D eigenvalue weighted by Crippen LogP contribution is 2.23. The number of benzene rings is 2. The van der Waals surface area contributed by atoms with Gasteiger partial charge in [-0.15, -0.1) is 5.10 Å². The summed E-state index contributed by atoms with van der Waals surface area (Å²) in [7, 11) is 0. The number of carbonyl (C=O) groups is 1. The quantitative estimate of drug-likeness (QED) is 0.662. The Morgan fingerprint density at radius 1 is 1.21 bits per heavy atom. The maximum atomic E-state index is 12.9.